The van der Waals surface area contributed by atoms with Gasteiger partial charge in [0.1, 0.15) is 5.82 Å². The van der Waals surface area contributed by atoms with Crippen LogP contribution in [0.3, 0.4) is 0 Å². The summed E-state index contributed by atoms with van der Waals surface area (Å²) in [6.07, 6.45) is 1.64. The molecule has 1 aromatic carbocycles. The molecule has 1 amide bonds. The highest BCUT2D eigenvalue weighted by Gasteiger charge is 2.28. The lowest BCUT2D eigenvalue weighted by molar-refractivity contribution is -0.131. The Morgan fingerprint density at radius 2 is 2.33 bits per heavy atom. The van der Waals surface area contributed by atoms with E-state index in [9.17, 15) is 4.79 Å². The molecule has 0 saturated heterocycles. The summed E-state index contributed by atoms with van der Waals surface area (Å²) in [6.45, 7) is 4.67. The third-order valence-electron chi connectivity index (χ3n) is 4.03. The third-order valence-corrected chi connectivity index (χ3v) is 4.27. The zero-order valence-electron chi connectivity index (χ0n) is 13.8. The Kier molecular flexibility index (Phi) is 5.04. The molecule has 6 nitrogen and oxygen atoms in total. The molecular formula is C17H21ClN4O2. The van der Waals surface area contributed by atoms with Gasteiger partial charge in [-0.3, -0.25) is 4.79 Å². The van der Waals surface area contributed by atoms with Crippen LogP contribution in [0.1, 0.15) is 32.5 Å². The average molecular weight is 349 g/mol. The van der Waals surface area contributed by atoms with Gasteiger partial charge in [0, 0.05) is 24.4 Å². The molecule has 3 rings (SSSR count). The maximum Gasteiger partial charge on any atom is 0.264 e. The molecule has 0 spiro atoms. The second kappa shape index (κ2) is 7.21. The lowest BCUT2D eigenvalue weighted by Crippen LogP contribution is -2.35. The predicted molar refractivity (Wildman–Crippen MR) is 94.2 cm³/mol. The molecule has 128 valence electrons. The molecule has 2 heterocycles. The Labute approximate surface area is 145 Å². The molecule has 24 heavy (non-hydrogen) atoms. The first kappa shape index (κ1) is 16.8. The summed E-state index contributed by atoms with van der Waals surface area (Å²) in [5.41, 5.74) is 2.77. The highest BCUT2D eigenvalue weighted by atomic mass is 35.5. The van der Waals surface area contributed by atoms with Crippen molar-refractivity contribution in [1.29, 1.82) is 0 Å². The van der Waals surface area contributed by atoms with Crippen LogP contribution in [0.4, 0.5) is 0 Å². The number of H-pyrrole nitrogens is 1. The molecule has 0 radical (unpaired) electrons. The first-order valence-electron chi connectivity index (χ1n) is 8.17. The number of aryl methyl sites for hydroxylation is 1. The van der Waals surface area contributed by atoms with E-state index in [0.29, 0.717) is 23.9 Å². The minimum atomic E-state index is -0.490. The van der Waals surface area contributed by atoms with Gasteiger partial charge in [-0.25, -0.2) is 4.98 Å². The molecule has 0 aliphatic carbocycles. The van der Waals surface area contributed by atoms with E-state index in [-0.39, 0.29) is 5.91 Å². The number of hydrogen-bond donors (Lipinski definition) is 2. The van der Waals surface area contributed by atoms with Crippen molar-refractivity contribution in [3.8, 4) is 0 Å². The summed E-state index contributed by atoms with van der Waals surface area (Å²) in [7, 11) is 0. The van der Waals surface area contributed by atoms with Crippen LogP contribution in [0.15, 0.2) is 23.4 Å². The fourth-order valence-corrected chi connectivity index (χ4v) is 2.78. The van der Waals surface area contributed by atoms with E-state index in [0.717, 1.165) is 35.4 Å². The number of aromatic nitrogens is 2. The molecule has 1 aromatic heterocycles. The van der Waals surface area contributed by atoms with Gasteiger partial charge in [0.15, 0.2) is 0 Å². The Morgan fingerprint density at radius 3 is 3.08 bits per heavy atom. The maximum atomic E-state index is 12.1. The zero-order valence-corrected chi connectivity index (χ0v) is 14.6. The van der Waals surface area contributed by atoms with E-state index >= 15 is 0 Å². The summed E-state index contributed by atoms with van der Waals surface area (Å²) in [6, 6.07) is 5.58. The average Bonchev–Trinajstić information content (AvgIpc) is 3.17. The van der Waals surface area contributed by atoms with Crippen molar-refractivity contribution >= 4 is 34.3 Å². The maximum absolute atomic E-state index is 12.1. The molecule has 1 atom stereocenters. The number of nitrogens with zero attached hydrogens (tertiary/aromatic N) is 2. The lowest BCUT2D eigenvalue weighted by atomic mass is 10.0. The van der Waals surface area contributed by atoms with Crippen LogP contribution in [-0.4, -0.2) is 34.2 Å². The van der Waals surface area contributed by atoms with Crippen LogP contribution >= 0.6 is 11.6 Å². The molecule has 0 fully saturated rings. The highest BCUT2D eigenvalue weighted by molar-refractivity contribution is 6.31. The van der Waals surface area contributed by atoms with Crippen molar-refractivity contribution in [3.63, 3.8) is 0 Å². The smallest absolute Gasteiger partial charge is 0.264 e. The second-order valence-electron chi connectivity index (χ2n) is 6.28. The second-order valence-corrected chi connectivity index (χ2v) is 6.71. The highest BCUT2D eigenvalue weighted by Crippen LogP contribution is 2.18. The molecule has 1 unspecified atom stereocenters. The Morgan fingerprint density at radius 1 is 1.50 bits per heavy atom. The van der Waals surface area contributed by atoms with Crippen LogP contribution in [0, 0.1) is 5.92 Å². The van der Waals surface area contributed by atoms with Crippen molar-refractivity contribution in [3.05, 3.63) is 29.0 Å². The van der Waals surface area contributed by atoms with E-state index in [1.54, 1.807) is 0 Å². The predicted octanol–water partition coefficient (Wildman–Crippen LogP) is 3.07. The number of amides is 1. The lowest BCUT2D eigenvalue weighted by Gasteiger charge is -2.09. The van der Waals surface area contributed by atoms with Gasteiger partial charge in [0.25, 0.3) is 5.91 Å². The number of nitrogens with one attached hydrogen (secondary N) is 2. The number of oxime groups is 1. The van der Waals surface area contributed by atoms with Crippen LogP contribution < -0.4 is 5.32 Å². The van der Waals surface area contributed by atoms with E-state index in [4.69, 9.17) is 16.4 Å². The number of aromatic amines is 1. The van der Waals surface area contributed by atoms with Crippen molar-refractivity contribution < 1.29 is 9.63 Å². The first-order chi connectivity index (χ1) is 11.5. The molecule has 1 aliphatic rings. The number of carbonyl (C=O) groups excluding carboxylic acids is 1. The fraction of sp³-hybridized carbons (Fsp3) is 0.471. The SMILES string of the molecule is CC(C)C1=NOC(C(=O)NCCCc2nc3ccc(Cl)cc3[nH]2)C1. The van der Waals surface area contributed by atoms with Gasteiger partial charge in [0.2, 0.25) is 6.10 Å². The van der Waals surface area contributed by atoms with Crippen LogP contribution in [0.2, 0.25) is 5.02 Å². The Bertz CT molecular complexity index is 769. The van der Waals surface area contributed by atoms with Gasteiger partial charge in [-0.15, -0.1) is 0 Å². The van der Waals surface area contributed by atoms with Gasteiger partial charge >= 0.3 is 0 Å². The van der Waals surface area contributed by atoms with Crippen molar-refractivity contribution in [2.45, 2.75) is 39.2 Å². The Balaban J connectivity index is 1.42. The number of hydrogen-bond acceptors (Lipinski definition) is 4. The molecule has 7 heteroatoms. The van der Waals surface area contributed by atoms with E-state index < -0.39 is 6.10 Å². The fourth-order valence-electron chi connectivity index (χ4n) is 2.61. The van der Waals surface area contributed by atoms with Crippen molar-refractivity contribution in [1.82, 2.24) is 15.3 Å². The summed E-state index contributed by atoms with van der Waals surface area (Å²) in [5, 5.41) is 7.56. The van der Waals surface area contributed by atoms with Crippen LogP contribution in [0.25, 0.3) is 11.0 Å². The van der Waals surface area contributed by atoms with Crippen molar-refractivity contribution in [2.75, 3.05) is 6.54 Å². The van der Waals surface area contributed by atoms with E-state index in [2.05, 4.69) is 20.4 Å². The minimum Gasteiger partial charge on any atom is -0.382 e. The minimum absolute atomic E-state index is 0.106. The third kappa shape index (κ3) is 3.87. The topological polar surface area (TPSA) is 79.4 Å². The van der Waals surface area contributed by atoms with Gasteiger partial charge in [-0.2, -0.15) is 0 Å². The number of halogens is 1. The van der Waals surface area contributed by atoms with Gasteiger partial charge in [-0.05, 0) is 30.5 Å². The van der Waals surface area contributed by atoms with Gasteiger partial charge < -0.3 is 15.1 Å². The molecule has 2 N–H and O–H groups in total. The largest absolute Gasteiger partial charge is 0.382 e. The summed E-state index contributed by atoms with van der Waals surface area (Å²) in [4.78, 5) is 25.0. The summed E-state index contributed by atoms with van der Waals surface area (Å²) >= 11 is 5.96. The standard InChI is InChI=1S/C17H21ClN4O2/c1-10(2)13-9-15(24-22-13)17(23)19-7-3-4-16-20-12-6-5-11(18)8-14(12)21-16/h5-6,8,10,15H,3-4,7,9H2,1-2H3,(H,19,23)(H,20,21). The van der Waals surface area contributed by atoms with Gasteiger partial charge in [0.05, 0.1) is 16.7 Å². The first-order valence-corrected chi connectivity index (χ1v) is 8.55. The summed E-state index contributed by atoms with van der Waals surface area (Å²) in [5.74, 6) is 1.10. The molecule has 0 saturated carbocycles. The zero-order chi connectivity index (χ0) is 17.1. The Hall–Kier alpha value is -2.08. The summed E-state index contributed by atoms with van der Waals surface area (Å²) < 4.78 is 0. The normalized spacial score (nSPS) is 17.2. The number of benzene rings is 1. The van der Waals surface area contributed by atoms with E-state index in [1.165, 1.54) is 0 Å². The number of rotatable bonds is 6. The van der Waals surface area contributed by atoms with Gasteiger partial charge in [-0.1, -0.05) is 30.6 Å². The quantitative estimate of drug-likeness (QED) is 0.787. The number of carbonyl (C=O) groups is 1. The number of imidazole rings is 1. The van der Waals surface area contributed by atoms with Crippen molar-refractivity contribution in [2.24, 2.45) is 11.1 Å². The molecular weight excluding hydrogens is 328 g/mol. The molecule has 2 aromatic rings. The number of fused-ring (bicyclic) bond motifs is 1. The molecule has 1 aliphatic heterocycles. The van der Waals surface area contributed by atoms with Crippen LogP contribution in [0.5, 0.6) is 0 Å². The monoisotopic (exact) mass is 348 g/mol. The van der Waals surface area contributed by atoms with Crippen LogP contribution in [-0.2, 0) is 16.1 Å². The van der Waals surface area contributed by atoms with E-state index in [1.807, 2.05) is 32.0 Å². The molecule has 0 bridgehead atoms.